The lowest BCUT2D eigenvalue weighted by Gasteiger charge is -2.16. The van der Waals surface area contributed by atoms with Gasteiger partial charge in [-0.25, -0.2) is 4.98 Å². The topological polar surface area (TPSA) is 43.3 Å². The van der Waals surface area contributed by atoms with Gasteiger partial charge >= 0.3 is 0 Å². The van der Waals surface area contributed by atoms with Crippen LogP contribution in [0.15, 0.2) is 24.4 Å². The monoisotopic (exact) mass is 215 g/mol. The third-order valence-corrected chi connectivity index (χ3v) is 3.12. The van der Waals surface area contributed by atoms with Crippen molar-refractivity contribution in [3.63, 3.8) is 0 Å². The van der Waals surface area contributed by atoms with E-state index in [1.807, 2.05) is 19.9 Å². The van der Waals surface area contributed by atoms with Crippen molar-refractivity contribution in [2.24, 2.45) is 5.73 Å². The second-order valence-corrected chi connectivity index (χ2v) is 5.27. The maximum absolute atomic E-state index is 6.17. The zero-order valence-electron chi connectivity index (χ0n) is 9.77. The van der Waals surface area contributed by atoms with E-state index in [0.717, 1.165) is 5.82 Å². The van der Waals surface area contributed by atoms with E-state index in [4.69, 9.17) is 10.7 Å². The predicted octanol–water partition coefficient (Wildman–Crippen LogP) is 2.41. The number of hydrogen-bond donors (Lipinski definition) is 1. The SMILES string of the molecule is CC(C)(N)c1nc(C2CC2)c2ccccn12. The van der Waals surface area contributed by atoms with Crippen LogP contribution in [0.5, 0.6) is 0 Å². The third kappa shape index (κ3) is 1.43. The molecular weight excluding hydrogens is 198 g/mol. The van der Waals surface area contributed by atoms with Gasteiger partial charge in [0.15, 0.2) is 0 Å². The van der Waals surface area contributed by atoms with E-state index in [-0.39, 0.29) is 0 Å². The lowest BCUT2D eigenvalue weighted by Crippen LogP contribution is -2.31. The number of aromatic nitrogens is 2. The zero-order chi connectivity index (χ0) is 11.3. The highest BCUT2D eigenvalue weighted by Gasteiger charge is 2.31. The van der Waals surface area contributed by atoms with Gasteiger partial charge in [0.2, 0.25) is 0 Å². The number of nitrogens with two attached hydrogens (primary N) is 1. The van der Waals surface area contributed by atoms with Crippen LogP contribution in [0.1, 0.15) is 44.1 Å². The molecule has 3 rings (SSSR count). The van der Waals surface area contributed by atoms with Crippen LogP contribution in [-0.2, 0) is 5.54 Å². The van der Waals surface area contributed by atoms with Crippen LogP contribution in [0.4, 0.5) is 0 Å². The molecule has 84 valence electrons. The molecule has 0 bridgehead atoms. The van der Waals surface area contributed by atoms with Crippen LogP contribution < -0.4 is 5.73 Å². The molecule has 0 amide bonds. The smallest absolute Gasteiger partial charge is 0.133 e. The fourth-order valence-electron chi connectivity index (χ4n) is 2.17. The maximum Gasteiger partial charge on any atom is 0.133 e. The largest absolute Gasteiger partial charge is 0.319 e. The second-order valence-electron chi connectivity index (χ2n) is 5.27. The molecule has 16 heavy (non-hydrogen) atoms. The first-order chi connectivity index (χ1) is 7.57. The van der Waals surface area contributed by atoms with Crippen molar-refractivity contribution in [1.29, 1.82) is 0 Å². The summed E-state index contributed by atoms with van der Waals surface area (Å²) in [5.74, 6) is 1.62. The quantitative estimate of drug-likeness (QED) is 0.836. The van der Waals surface area contributed by atoms with Gasteiger partial charge in [0, 0.05) is 12.1 Å². The standard InChI is InChI=1S/C13H17N3/c1-13(2,14)12-15-11(9-6-7-9)10-5-3-4-8-16(10)12/h3-5,8-9H,6-7,14H2,1-2H3. The highest BCUT2D eigenvalue weighted by molar-refractivity contribution is 5.56. The minimum Gasteiger partial charge on any atom is -0.319 e. The average Bonchev–Trinajstić information content (AvgIpc) is 2.97. The summed E-state index contributed by atoms with van der Waals surface area (Å²) in [6, 6.07) is 6.23. The van der Waals surface area contributed by atoms with Gasteiger partial charge in [0.1, 0.15) is 5.82 Å². The Balaban J connectivity index is 2.29. The fourth-order valence-corrected chi connectivity index (χ4v) is 2.17. The van der Waals surface area contributed by atoms with E-state index in [1.54, 1.807) is 0 Å². The molecule has 1 aliphatic carbocycles. The Morgan fingerprint density at radius 1 is 1.38 bits per heavy atom. The molecule has 0 saturated heterocycles. The van der Waals surface area contributed by atoms with E-state index < -0.39 is 5.54 Å². The van der Waals surface area contributed by atoms with Gasteiger partial charge in [-0.2, -0.15) is 0 Å². The van der Waals surface area contributed by atoms with E-state index in [1.165, 1.54) is 24.1 Å². The Bertz CT molecular complexity index is 530. The lowest BCUT2D eigenvalue weighted by molar-refractivity contribution is 0.510. The van der Waals surface area contributed by atoms with E-state index in [0.29, 0.717) is 5.92 Å². The summed E-state index contributed by atoms with van der Waals surface area (Å²) < 4.78 is 2.13. The molecule has 0 atom stereocenters. The Hall–Kier alpha value is -1.35. The maximum atomic E-state index is 6.17. The first-order valence-electron chi connectivity index (χ1n) is 5.84. The Morgan fingerprint density at radius 2 is 2.12 bits per heavy atom. The first-order valence-corrected chi connectivity index (χ1v) is 5.84. The average molecular weight is 215 g/mol. The molecule has 2 heterocycles. The highest BCUT2D eigenvalue weighted by atomic mass is 15.1. The fraction of sp³-hybridized carbons (Fsp3) is 0.462. The molecule has 2 N–H and O–H groups in total. The molecule has 0 aromatic carbocycles. The molecule has 0 spiro atoms. The molecule has 1 aliphatic rings. The second kappa shape index (κ2) is 3.08. The molecule has 3 heteroatoms. The van der Waals surface area contributed by atoms with Gasteiger partial charge in [0.05, 0.1) is 16.7 Å². The minimum atomic E-state index is -0.391. The molecule has 1 saturated carbocycles. The normalized spacial score (nSPS) is 16.9. The van der Waals surface area contributed by atoms with Crippen molar-refractivity contribution >= 4 is 5.52 Å². The van der Waals surface area contributed by atoms with Gasteiger partial charge in [-0.15, -0.1) is 0 Å². The van der Waals surface area contributed by atoms with E-state index >= 15 is 0 Å². The Labute approximate surface area is 95.3 Å². The number of nitrogens with zero attached hydrogens (tertiary/aromatic N) is 2. The Morgan fingerprint density at radius 3 is 2.75 bits per heavy atom. The minimum absolute atomic E-state index is 0.391. The summed E-state index contributed by atoms with van der Waals surface area (Å²) in [5.41, 5.74) is 8.23. The molecule has 3 nitrogen and oxygen atoms in total. The van der Waals surface area contributed by atoms with Gasteiger partial charge in [0.25, 0.3) is 0 Å². The highest BCUT2D eigenvalue weighted by Crippen LogP contribution is 2.42. The molecule has 2 aromatic rings. The van der Waals surface area contributed by atoms with Gasteiger partial charge in [-0.3, -0.25) is 0 Å². The molecule has 2 aromatic heterocycles. The lowest BCUT2D eigenvalue weighted by atomic mass is 10.1. The summed E-state index contributed by atoms with van der Waals surface area (Å²) in [6.07, 6.45) is 4.59. The van der Waals surface area contributed by atoms with E-state index in [2.05, 4.69) is 22.7 Å². The van der Waals surface area contributed by atoms with Crippen molar-refractivity contribution in [1.82, 2.24) is 9.38 Å². The number of hydrogen-bond acceptors (Lipinski definition) is 2. The number of pyridine rings is 1. The van der Waals surface area contributed by atoms with Crippen LogP contribution in [-0.4, -0.2) is 9.38 Å². The summed E-state index contributed by atoms with van der Waals surface area (Å²) in [5, 5.41) is 0. The third-order valence-electron chi connectivity index (χ3n) is 3.12. The Kier molecular flexibility index (Phi) is 1.89. The van der Waals surface area contributed by atoms with Gasteiger partial charge in [-0.1, -0.05) is 6.07 Å². The van der Waals surface area contributed by atoms with Crippen LogP contribution in [0.25, 0.3) is 5.52 Å². The van der Waals surface area contributed by atoms with E-state index in [9.17, 15) is 0 Å². The van der Waals surface area contributed by atoms with Gasteiger partial charge < -0.3 is 10.1 Å². The molecule has 0 aliphatic heterocycles. The predicted molar refractivity (Wildman–Crippen MR) is 64.4 cm³/mol. The van der Waals surface area contributed by atoms with Crippen molar-refractivity contribution in [3.05, 3.63) is 35.9 Å². The number of fused-ring (bicyclic) bond motifs is 1. The number of imidazole rings is 1. The first kappa shape index (κ1) is 9.85. The van der Waals surface area contributed by atoms with Crippen LogP contribution in [0.3, 0.4) is 0 Å². The molecule has 1 fully saturated rings. The van der Waals surface area contributed by atoms with Crippen LogP contribution in [0, 0.1) is 0 Å². The summed E-state index contributed by atoms with van der Waals surface area (Å²) in [4.78, 5) is 4.76. The van der Waals surface area contributed by atoms with Crippen LogP contribution >= 0.6 is 0 Å². The molecule has 0 radical (unpaired) electrons. The summed E-state index contributed by atoms with van der Waals surface area (Å²) in [7, 11) is 0. The van der Waals surface area contributed by atoms with Crippen LogP contribution in [0.2, 0.25) is 0 Å². The van der Waals surface area contributed by atoms with Crippen molar-refractivity contribution in [2.45, 2.75) is 38.1 Å². The summed E-state index contributed by atoms with van der Waals surface area (Å²) in [6.45, 7) is 4.01. The molecular formula is C13H17N3. The number of rotatable bonds is 2. The van der Waals surface area contributed by atoms with Crippen molar-refractivity contribution in [3.8, 4) is 0 Å². The zero-order valence-corrected chi connectivity index (χ0v) is 9.77. The van der Waals surface area contributed by atoms with Crippen molar-refractivity contribution < 1.29 is 0 Å². The van der Waals surface area contributed by atoms with Crippen molar-refractivity contribution in [2.75, 3.05) is 0 Å². The molecule has 0 unspecified atom stereocenters. The summed E-state index contributed by atoms with van der Waals surface area (Å²) >= 11 is 0. The van der Waals surface area contributed by atoms with Gasteiger partial charge in [-0.05, 0) is 38.8 Å².